The number of aromatic hydroxyl groups is 1. The third-order valence-corrected chi connectivity index (χ3v) is 5.43. The fourth-order valence-corrected chi connectivity index (χ4v) is 3.78. The van der Waals surface area contributed by atoms with Crippen LogP contribution in [0.1, 0.15) is 37.5 Å². The van der Waals surface area contributed by atoms with Gasteiger partial charge < -0.3 is 25.5 Å². The van der Waals surface area contributed by atoms with E-state index in [1.807, 2.05) is 78.9 Å². The van der Waals surface area contributed by atoms with Gasteiger partial charge in [0, 0.05) is 23.0 Å². The first-order valence-corrected chi connectivity index (χ1v) is 12.0. The summed E-state index contributed by atoms with van der Waals surface area (Å²) < 4.78 is 5.13. The number of benzene rings is 3. The molecule has 8 nitrogen and oxygen atoms in total. The number of nitrogens with one attached hydrogen (secondary N) is 3. The minimum Gasteiger partial charge on any atom is -0.494 e. The third-order valence-electron chi connectivity index (χ3n) is 5.43. The van der Waals surface area contributed by atoms with Gasteiger partial charge in [0.25, 0.3) is 0 Å². The van der Waals surface area contributed by atoms with Crippen LogP contribution in [0.3, 0.4) is 0 Å². The van der Waals surface area contributed by atoms with Gasteiger partial charge in [0.15, 0.2) is 5.88 Å². The zero-order valence-corrected chi connectivity index (χ0v) is 21.0. The summed E-state index contributed by atoms with van der Waals surface area (Å²) >= 11 is 0. The van der Waals surface area contributed by atoms with Crippen LogP contribution in [0.15, 0.2) is 83.9 Å². The Morgan fingerprint density at radius 1 is 0.919 bits per heavy atom. The second-order valence-corrected chi connectivity index (χ2v) is 9.52. The van der Waals surface area contributed by atoms with E-state index in [0.717, 1.165) is 22.0 Å². The van der Waals surface area contributed by atoms with Gasteiger partial charge in [0.2, 0.25) is 5.91 Å². The number of carbonyl (C=O) groups is 2. The Bertz CT molecular complexity index is 1420. The van der Waals surface area contributed by atoms with Gasteiger partial charge in [-0.15, -0.1) is 0 Å². The maximum Gasteiger partial charge on any atom is 0.408 e. The summed E-state index contributed by atoms with van der Waals surface area (Å²) in [6, 6.07) is 24.9. The summed E-state index contributed by atoms with van der Waals surface area (Å²) in [5.41, 5.74) is 3.92. The molecule has 0 aliphatic heterocycles. The maximum atomic E-state index is 12.1. The van der Waals surface area contributed by atoms with Crippen molar-refractivity contribution in [2.24, 2.45) is 4.99 Å². The van der Waals surface area contributed by atoms with E-state index < -0.39 is 11.7 Å². The van der Waals surface area contributed by atoms with E-state index in [2.05, 4.69) is 15.6 Å². The smallest absolute Gasteiger partial charge is 0.408 e. The van der Waals surface area contributed by atoms with Crippen molar-refractivity contribution >= 4 is 34.3 Å². The number of aromatic amines is 1. The van der Waals surface area contributed by atoms with Crippen LogP contribution in [-0.2, 0) is 16.1 Å². The van der Waals surface area contributed by atoms with Crippen LogP contribution in [0.2, 0.25) is 0 Å². The summed E-state index contributed by atoms with van der Waals surface area (Å²) in [4.78, 5) is 31.7. The van der Waals surface area contributed by atoms with Crippen LogP contribution in [0.5, 0.6) is 5.88 Å². The molecule has 0 saturated heterocycles. The molecule has 0 aliphatic rings. The molecule has 3 aromatic carbocycles. The second-order valence-electron chi connectivity index (χ2n) is 9.52. The van der Waals surface area contributed by atoms with Crippen molar-refractivity contribution in [2.75, 3.05) is 6.54 Å². The normalized spacial score (nSPS) is 11.8. The van der Waals surface area contributed by atoms with Gasteiger partial charge >= 0.3 is 6.09 Å². The molecular weight excluding hydrogens is 468 g/mol. The molecular formula is C29H30N4O4. The third kappa shape index (κ3) is 6.76. The van der Waals surface area contributed by atoms with E-state index >= 15 is 0 Å². The number of hydrogen-bond acceptors (Lipinski definition) is 5. The molecule has 0 radical (unpaired) electrons. The van der Waals surface area contributed by atoms with Crippen LogP contribution in [-0.4, -0.2) is 39.9 Å². The zero-order valence-electron chi connectivity index (χ0n) is 21.0. The molecule has 0 aliphatic carbocycles. The Morgan fingerprint density at radius 2 is 1.59 bits per heavy atom. The Kier molecular flexibility index (Phi) is 7.57. The Morgan fingerprint density at radius 3 is 2.30 bits per heavy atom. The summed E-state index contributed by atoms with van der Waals surface area (Å²) in [7, 11) is 0. The van der Waals surface area contributed by atoms with Gasteiger partial charge in [-0.25, -0.2) is 9.79 Å². The lowest BCUT2D eigenvalue weighted by Crippen LogP contribution is -2.39. The minimum absolute atomic E-state index is 0.0585. The number of aliphatic imine (C=N–C) groups is 1. The molecule has 190 valence electrons. The molecule has 4 aromatic rings. The average Bonchev–Trinajstić information content (AvgIpc) is 3.20. The number of nitrogens with zero attached hydrogens (tertiary/aromatic N) is 1. The molecule has 8 heteroatoms. The molecule has 0 spiro atoms. The highest BCUT2D eigenvalue weighted by Crippen LogP contribution is 2.31. The SMILES string of the molecule is CC(C)(C)OC(=O)NCC(=O)NCc1ccc(N=C(c2ccccc2)c2c(O)[nH]c3ccccc23)cc1. The van der Waals surface area contributed by atoms with Gasteiger partial charge in [-0.2, -0.15) is 0 Å². The fraction of sp³-hybridized carbons (Fsp3) is 0.207. The number of rotatable bonds is 7. The first kappa shape index (κ1) is 25.5. The highest BCUT2D eigenvalue weighted by Gasteiger charge is 2.19. The number of alkyl carbamates (subject to hydrolysis) is 1. The highest BCUT2D eigenvalue weighted by atomic mass is 16.6. The molecule has 0 unspecified atom stereocenters. The molecule has 37 heavy (non-hydrogen) atoms. The van der Waals surface area contributed by atoms with Crippen molar-refractivity contribution in [3.8, 4) is 5.88 Å². The van der Waals surface area contributed by atoms with Crippen molar-refractivity contribution in [2.45, 2.75) is 32.9 Å². The van der Waals surface area contributed by atoms with Crippen LogP contribution >= 0.6 is 0 Å². The molecule has 0 bridgehead atoms. The van der Waals surface area contributed by atoms with Gasteiger partial charge in [-0.1, -0.05) is 60.7 Å². The number of fused-ring (bicyclic) bond motifs is 1. The zero-order chi connectivity index (χ0) is 26.4. The quantitative estimate of drug-likeness (QED) is 0.263. The number of aromatic nitrogens is 1. The number of amides is 2. The van der Waals surface area contributed by atoms with Crippen LogP contribution in [0, 0.1) is 0 Å². The molecule has 1 heterocycles. The lowest BCUT2D eigenvalue weighted by Gasteiger charge is -2.19. The van der Waals surface area contributed by atoms with Crippen LogP contribution < -0.4 is 10.6 Å². The summed E-state index contributed by atoms with van der Waals surface area (Å²) in [5, 5.41) is 16.8. The Labute approximate surface area is 215 Å². The first-order chi connectivity index (χ1) is 17.7. The molecule has 0 atom stereocenters. The maximum absolute atomic E-state index is 12.1. The van der Waals surface area contributed by atoms with E-state index in [9.17, 15) is 14.7 Å². The number of carbonyl (C=O) groups excluding carboxylic acids is 2. The van der Waals surface area contributed by atoms with Crippen molar-refractivity contribution in [1.82, 2.24) is 15.6 Å². The largest absolute Gasteiger partial charge is 0.494 e. The monoisotopic (exact) mass is 498 g/mol. The summed E-state index contributed by atoms with van der Waals surface area (Å²) in [6.07, 6.45) is -0.639. The number of ether oxygens (including phenoxy) is 1. The predicted octanol–water partition coefficient (Wildman–Crippen LogP) is 5.18. The first-order valence-electron chi connectivity index (χ1n) is 12.0. The Hall–Kier alpha value is -4.59. The van der Waals surface area contributed by atoms with E-state index in [4.69, 9.17) is 9.73 Å². The van der Waals surface area contributed by atoms with E-state index in [1.165, 1.54) is 0 Å². The molecule has 2 amide bonds. The van der Waals surface area contributed by atoms with Gasteiger partial charge in [-0.05, 0) is 44.5 Å². The van der Waals surface area contributed by atoms with Gasteiger partial charge in [0.05, 0.1) is 17.0 Å². The lowest BCUT2D eigenvalue weighted by atomic mass is 10.0. The second kappa shape index (κ2) is 11.0. The molecule has 4 N–H and O–H groups in total. The molecule has 1 aromatic heterocycles. The van der Waals surface area contributed by atoms with Crippen LogP contribution in [0.25, 0.3) is 10.9 Å². The van der Waals surface area contributed by atoms with E-state index in [0.29, 0.717) is 23.5 Å². The van der Waals surface area contributed by atoms with Crippen molar-refractivity contribution in [3.63, 3.8) is 0 Å². The molecule has 0 saturated carbocycles. The predicted molar refractivity (Wildman–Crippen MR) is 144 cm³/mol. The molecule has 0 fully saturated rings. The number of H-pyrrole nitrogens is 1. The number of hydrogen-bond donors (Lipinski definition) is 4. The Balaban J connectivity index is 1.48. The fourth-order valence-electron chi connectivity index (χ4n) is 3.78. The standard InChI is InChI=1S/C29H30N4O4/c1-29(2,3)37-28(36)31-18-24(34)30-17-19-13-15-21(16-14-19)32-26(20-9-5-4-6-10-20)25-22-11-7-8-12-23(22)33-27(25)35/h4-16,33,35H,17-18H2,1-3H3,(H,30,34)(H,31,36). The van der Waals surface area contributed by atoms with Crippen molar-refractivity contribution in [1.29, 1.82) is 0 Å². The van der Waals surface area contributed by atoms with Crippen molar-refractivity contribution in [3.05, 3.63) is 95.6 Å². The lowest BCUT2D eigenvalue weighted by molar-refractivity contribution is -0.120. The van der Waals surface area contributed by atoms with Crippen LogP contribution in [0.4, 0.5) is 10.5 Å². The van der Waals surface area contributed by atoms with Gasteiger partial charge in [0.1, 0.15) is 12.1 Å². The number of para-hydroxylation sites is 1. The summed E-state index contributed by atoms with van der Waals surface area (Å²) in [6.45, 7) is 5.39. The van der Waals surface area contributed by atoms with E-state index in [-0.39, 0.29) is 18.3 Å². The summed E-state index contributed by atoms with van der Waals surface area (Å²) in [5.74, 6) is -0.266. The highest BCUT2D eigenvalue weighted by molar-refractivity contribution is 6.21. The minimum atomic E-state index is -0.639. The van der Waals surface area contributed by atoms with Crippen molar-refractivity contribution < 1.29 is 19.4 Å². The van der Waals surface area contributed by atoms with E-state index in [1.54, 1.807) is 20.8 Å². The average molecular weight is 499 g/mol. The van der Waals surface area contributed by atoms with Gasteiger partial charge in [-0.3, -0.25) is 4.79 Å². The molecule has 4 rings (SSSR count). The topological polar surface area (TPSA) is 116 Å².